The van der Waals surface area contributed by atoms with Gasteiger partial charge in [0.15, 0.2) is 0 Å². The Kier molecular flexibility index (Phi) is 5.38. The zero-order chi connectivity index (χ0) is 14.5. The highest BCUT2D eigenvalue weighted by molar-refractivity contribution is 6.31. The highest BCUT2D eigenvalue weighted by Crippen LogP contribution is 2.20. The van der Waals surface area contributed by atoms with Gasteiger partial charge in [0.25, 0.3) is 5.91 Å². The molecule has 0 unspecified atom stereocenters. The Balaban J connectivity index is 2.23. The number of piperidine rings is 1. The average Bonchev–Trinajstić information content (AvgIpc) is 2.47. The van der Waals surface area contributed by atoms with Gasteiger partial charge >= 0.3 is 0 Å². The quantitative estimate of drug-likeness (QED) is 0.926. The third-order valence-corrected chi connectivity index (χ3v) is 3.87. The number of benzene rings is 1. The summed E-state index contributed by atoms with van der Waals surface area (Å²) < 4.78 is 13.9. The monoisotopic (exact) mass is 298 g/mol. The number of carbonyl (C=O) groups excluding carboxylic acids is 1. The van der Waals surface area contributed by atoms with Gasteiger partial charge < -0.3 is 10.2 Å². The minimum absolute atomic E-state index is 0.0736. The van der Waals surface area contributed by atoms with E-state index in [-0.39, 0.29) is 17.5 Å². The molecule has 1 amide bonds. The maximum atomic E-state index is 13.9. The zero-order valence-corrected chi connectivity index (χ0v) is 12.4. The van der Waals surface area contributed by atoms with Crippen LogP contribution in [0.3, 0.4) is 0 Å². The van der Waals surface area contributed by atoms with E-state index in [0.29, 0.717) is 11.6 Å². The van der Waals surface area contributed by atoms with Crippen molar-refractivity contribution in [3.8, 4) is 0 Å². The Bertz CT molecular complexity index is 475. The molecule has 0 spiro atoms. The number of rotatable bonds is 4. The molecule has 3 nitrogen and oxygen atoms in total. The smallest absolute Gasteiger partial charge is 0.257 e. The van der Waals surface area contributed by atoms with E-state index in [0.717, 1.165) is 32.4 Å². The molecule has 1 aromatic rings. The first-order chi connectivity index (χ1) is 9.63. The minimum Gasteiger partial charge on any atom is -0.335 e. The van der Waals surface area contributed by atoms with Crippen molar-refractivity contribution in [1.29, 1.82) is 0 Å². The molecule has 20 heavy (non-hydrogen) atoms. The summed E-state index contributed by atoms with van der Waals surface area (Å²) in [5.74, 6) is -0.756. The fraction of sp³-hybridized carbons (Fsp3) is 0.533. The van der Waals surface area contributed by atoms with Gasteiger partial charge in [-0.25, -0.2) is 4.39 Å². The Morgan fingerprint density at radius 1 is 1.45 bits per heavy atom. The molecular formula is C15H20ClFN2O. The maximum absolute atomic E-state index is 13.9. The first-order valence-corrected chi connectivity index (χ1v) is 7.48. The van der Waals surface area contributed by atoms with Gasteiger partial charge in [0.1, 0.15) is 5.82 Å². The minimum atomic E-state index is -0.505. The molecule has 1 aromatic carbocycles. The summed E-state index contributed by atoms with van der Waals surface area (Å²) in [6.45, 7) is 4.47. The summed E-state index contributed by atoms with van der Waals surface area (Å²) >= 11 is 5.88. The van der Waals surface area contributed by atoms with Crippen LogP contribution in [0.5, 0.6) is 0 Å². The lowest BCUT2D eigenvalue weighted by atomic mass is 10.0. The van der Waals surface area contributed by atoms with Crippen molar-refractivity contribution in [1.82, 2.24) is 10.2 Å². The van der Waals surface area contributed by atoms with Crippen LogP contribution in [0.25, 0.3) is 0 Å². The molecule has 0 saturated carbocycles. The molecule has 0 aliphatic carbocycles. The molecule has 0 aromatic heterocycles. The molecule has 1 aliphatic rings. The Labute approximate surface area is 124 Å². The molecule has 1 heterocycles. The van der Waals surface area contributed by atoms with Crippen LogP contribution in [0.2, 0.25) is 5.02 Å². The van der Waals surface area contributed by atoms with Gasteiger partial charge in [-0.3, -0.25) is 4.79 Å². The van der Waals surface area contributed by atoms with Gasteiger partial charge in [-0.1, -0.05) is 18.5 Å². The van der Waals surface area contributed by atoms with Crippen molar-refractivity contribution in [2.75, 3.05) is 19.6 Å². The van der Waals surface area contributed by atoms with Crippen LogP contribution in [0, 0.1) is 5.82 Å². The number of hydrogen-bond acceptors (Lipinski definition) is 2. The molecule has 2 rings (SSSR count). The molecule has 1 aliphatic heterocycles. The average molecular weight is 299 g/mol. The largest absolute Gasteiger partial charge is 0.335 e. The number of halogens is 2. The van der Waals surface area contributed by atoms with Crippen molar-refractivity contribution in [2.24, 2.45) is 0 Å². The van der Waals surface area contributed by atoms with Crippen molar-refractivity contribution < 1.29 is 9.18 Å². The maximum Gasteiger partial charge on any atom is 0.257 e. The van der Waals surface area contributed by atoms with E-state index in [4.69, 9.17) is 11.6 Å². The van der Waals surface area contributed by atoms with Crippen LogP contribution in [0.1, 0.15) is 36.5 Å². The predicted octanol–water partition coefficient (Wildman–Crippen LogP) is 3.08. The van der Waals surface area contributed by atoms with E-state index in [1.807, 2.05) is 6.92 Å². The second kappa shape index (κ2) is 7.04. The number of carbonyl (C=O) groups is 1. The van der Waals surface area contributed by atoms with Crippen LogP contribution in [-0.4, -0.2) is 36.5 Å². The normalized spacial score (nSPS) is 16.1. The van der Waals surface area contributed by atoms with Gasteiger partial charge in [0, 0.05) is 17.6 Å². The fourth-order valence-electron chi connectivity index (χ4n) is 2.63. The predicted molar refractivity (Wildman–Crippen MR) is 78.6 cm³/mol. The Morgan fingerprint density at radius 2 is 2.15 bits per heavy atom. The van der Waals surface area contributed by atoms with Gasteiger partial charge in [-0.15, -0.1) is 0 Å². The summed E-state index contributed by atoms with van der Waals surface area (Å²) in [4.78, 5) is 14.4. The number of nitrogens with one attached hydrogen (secondary N) is 1. The van der Waals surface area contributed by atoms with Crippen molar-refractivity contribution in [3.63, 3.8) is 0 Å². The second-order valence-electron chi connectivity index (χ2n) is 5.10. The van der Waals surface area contributed by atoms with Crippen LogP contribution in [0.15, 0.2) is 18.2 Å². The summed E-state index contributed by atoms with van der Waals surface area (Å²) in [7, 11) is 0. The summed E-state index contributed by atoms with van der Waals surface area (Å²) in [6, 6.07) is 4.31. The lowest BCUT2D eigenvalue weighted by Gasteiger charge is -2.34. The van der Waals surface area contributed by atoms with E-state index in [9.17, 15) is 9.18 Å². The van der Waals surface area contributed by atoms with Crippen molar-refractivity contribution in [3.05, 3.63) is 34.6 Å². The lowest BCUT2D eigenvalue weighted by Crippen LogP contribution is -2.46. The van der Waals surface area contributed by atoms with Crippen molar-refractivity contribution in [2.45, 2.75) is 32.2 Å². The molecule has 0 bridgehead atoms. The first kappa shape index (κ1) is 15.3. The second-order valence-corrected chi connectivity index (χ2v) is 5.54. The third-order valence-electron chi connectivity index (χ3n) is 3.63. The van der Waals surface area contributed by atoms with E-state index in [1.165, 1.54) is 18.2 Å². The summed E-state index contributed by atoms with van der Waals surface area (Å²) in [5, 5.41) is 3.66. The van der Waals surface area contributed by atoms with Crippen LogP contribution in [-0.2, 0) is 0 Å². The zero-order valence-electron chi connectivity index (χ0n) is 11.7. The summed E-state index contributed by atoms with van der Waals surface area (Å²) in [6.07, 6.45) is 2.68. The van der Waals surface area contributed by atoms with Crippen molar-refractivity contribution >= 4 is 17.5 Å². The van der Waals surface area contributed by atoms with Gasteiger partial charge in [-0.05, 0) is 50.6 Å². The molecule has 0 radical (unpaired) electrons. The Morgan fingerprint density at radius 3 is 2.80 bits per heavy atom. The van der Waals surface area contributed by atoms with Gasteiger partial charge in [0.05, 0.1) is 5.56 Å². The number of hydrogen-bond donors (Lipinski definition) is 1. The highest BCUT2D eigenvalue weighted by atomic mass is 35.5. The van der Waals surface area contributed by atoms with E-state index in [2.05, 4.69) is 5.32 Å². The molecule has 110 valence electrons. The van der Waals surface area contributed by atoms with E-state index < -0.39 is 5.82 Å². The fourth-order valence-corrected chi connectivity index (χ4v) is 2.80. The van der Waals surface area contributed by atoms with Crippen LogP contribution in [0.4, 0.5) is 4.39 Å². The lowest BCUT2D eigenvalue weighted by molar-refractivity contribution is 0.0638. The standard InChI is InChI=1S/C15H20ClFN2O/c1-2-9-19(12-5-7-18-8-6-12)15(20)13-10-11(16)3-4-14(13)17/h3-4,10,12,18H,2,5-9H2,1H3. The molecule has 0 atom stereocenters. The van der Waals surface area contributed by atoms with Crippen LogP contribution < -0.4 is 5.32 Å². The van der Waals surface area contributed by atoms with Gasteiger partial charge in [0.2, 0.25) is 0 Å². The van der Waals surface area contributed by atoms with Gasteiger partial charge in [-0.2, -0.15) is 0 Å². The van der Waals surface area contributed by atoms with E-state index >= 15 is 0 Å². The number of amides is 1. The molecular weight excluding hydrogens is 279 g/mol. The molecule has 1 saturated heterocycles. The van der Waals surface area contributed by atoms with Crippen LogP contribution >= 0.6 is 11.6 Å². The SMILES string of the molecule is CCCN(C(=O)c1cc(Cl)ccc1F)C1CCNCC1. The molecule has 1 fully saturated rings. The third kappa shape index (κ3) is 3.49. The van der Waals surface area contributed by atoms with E-state index in [1.54, 1.807) is 4.90 Å². The molecule has 5 heteroatoms. The Hall–Kier alpha value is -1.13. The highest BCUT2D eigenvalue weighted by Gasteiger charge is 2.27. The first-order valence-electron chi connectivity index (χ1n) is 7.10. The number of nitrogens with zero attached hydrogens (tertiary/aromatic N) is 1. The summed E-state index contributed by atoms with van der Waals surface area (Å²) in [5.41, 5.74) is 0.0736. The molecule has 1 N–H and O–H groups in total. The topological polar surface area (TPSA) is 32.3 Å².